The first-order chi connectivity index (χ1) is 10.4. The second-order valence-corrected chi connectivity index (χ2v) is 5.34. The van der Waals surface area contributed by atoms with Crippen molar-refractivity contribution in [1.82, 2.24) is 30.0 Å². The molecule has 0 aromatic carbocycles. The SMILES string of the molecule is c1cnc(C2CNCCN2CCCCn2cccn2)nc1. The molecule has 6 nitrogen and oxygen atoms in total. The molecule has 1 aliphatic heterocycles. The fourth-order valence-electron chi connectivity index (χ4n) is 2.77. The van der Waals surface area contributed by atoms with Gasteiger partial charge in [0, 0.05) is 51.0 Å². The molecule has 1 aliphatic rings. The molecule has 0 saturated carbocycles. The van der Waals surface area contributed by atoms with Gasteiger partial charge >= 0.3 is 0 Å². The number of aromatic nitrogens is 4. The van der Waals surface area contributed by atoms with E-state index in [1.165, 1.54) is 6.42 Å². The standard InChI is InChI=1S/C15H22N6/c1(2-10-21-11-4-7-19-21)9-20-12-8-16-13-14(20)15-17-5-3-6-18-15/h3-7,11,14,16H,1-2,8-10,12-13H2. The molecule has 0 bridgehead atoms. The highest BCUT2D eigenvalue weighted by atomic mass is 15.3. The van der Waals surface area contributed by atoms with E-state index in [9.17, 15) is 0 Å². The van der Waals surface area contributed by atoms with Gasteiger partial charge in [-0.05, 0) is 31.5 Å². The van der Waals surface area contributed by atoms with Gasteiger partial charge < -0.3 is 5.32 Å². The zero-order valence-electron chi connectivity index (χ0n) is 12.2. The zero-order valence-corrected chi connectivity index (χ0v) is 12.2. The maximum atomic E-state index is 4.41. The van der Waals surface area contributed by atoms with Crippen LogP contribution in [0.25, 0.3) is 0 Å². The van der Waals surface area contributed by atoms with Gasteiger partial charge in [0.1, 0.15) is 5.82 Å². The third-order valence-electron chi connectivity index (χ3n) is 3.88. The molecule has 3 heterocycles. The molecule has 1 unspecified atom stereocenters. The molecule has 3 rings (SSSR count). The maximum absolute atomic E-state index is 4.41. The summed E-state index contributed by atoms with van der Waals surface area (Å²) >= 11 is 0. The van der Waals surface area contributed by atoms with Crippen molar-refractivity contribution in [1.29, 1.82) is 0 Å². The van der Waals surface area contributed by atoms with E-state index in [0.29, 0.717) is 6.04 Å². The van der Waals surface area contributed by atoms with Crippen molar-refractivity contribution in [2.45, 2.75) is 25.4 Å². The van der Waals surface area contributed by atoms with Gasteiger partial charge in [-0.3, -0.25) is 9.58 Å². The molecule has 112 valence electrons. The number of aryl methyl sites for hydroxylation is 1. The van der Waals surface area contributed by atoms with Crippen LogP contribution in [0.15, 0.2) is 36.9 Å². The molecule has 0 amide bonds. The third kappa shape index (κ3) is 3.86. The van der Waals surface area contributed by atoms with Crippen molar-refractivity contribution in [3.8, 4) is 0 Å². The predicted octanol–water partition coefficient (Wildman–Crippen LogP) is 1.10. The fourth-order valence-corrected chi connectivity index (χ4v) is 2.77. The van der Waals surface area contributed by atoms with E-state index in [2.05, 4.69) is 25.3 Å². The van der Waals surface area contributed by atoms with Crippen molar-refractivity contribution in [3.05, 3.63) is 42.7 Å². The highest BCUT2D eigenvalue weighted by Gasteiger charge is 2.25. The summed E-state index contributed by atoms with van der Waals surface area (Å²) in [5.74, 6) is 0.928. The minimum absolute atomic E-state index is 0.296. The zero-order chi connectivity index (χ0) is 14.3. The van der Waals surface area contributed by atoms with E-state index in [-0.39, 0.29) is 0 Å². The molecule has 6 heteroatoms. The van der Waals surface area contributed by atoms with Crippen LogP contribution in [0, 0.1) is 0 Å². The normalized spacial score (nSPS) is 19.7. The van der Waals surface area contributed by atoms with Gasteiger partial charge in [-0.2, -0.15) is 5.10 Å². The Hall–Kier alpha value is -1.79. The Bertz CT molecular complexity index is 512. The number of nitrogens with one attached hydrogen (secondary N) is 1. The lowest BCUT2D eigenvalue weighted by Gasteiger charge is -2.35. The topological polar surface area (TPSA) is 58.9 Å². The molecule has 21 heavy (non-hydrogen) atoms. The van der Waals surface area contributed by atoms with E-state index < -0.39 is 0 Å². The van der Waals surface area contributed by atoms with Gasteiger partial charge in [-0.1, -0.05) is 0 Å². The molecule has 0 aliphatic carbocycles. The lowest BCUT2D eigenvalue weighted by atomic mass is 10.1. The summed E-state index contributed by atoms with van der Waals surface area (Å²) in [6.45, 7) is 5.12. The fraction of sp³-hybridized carbons (Fsp3) is 0.533. The monoisotopic (exact) mass is 286 g/mol. The van der Waals surface area contributed by atoms with Gasteiger partial charge in [0.2, 0.25) is 0 Å². The Kier molecular flexibility index (Phi) is 4.91. The van der Waals surface area contributed by atoms with Crippen LogP contribution >= 0.6 is 0 Å². The summed E-state index contributed by atoms with van der Waals surface area (Å²) in [5, 5.41) is 7.68. The van der Waals surface area contributed by atoms with Crippen LogP contribution in [0.1, 0.15) is 24.7 Å². The predicted molar refractivity (Wildman–Crippen MR) is 80.7 cm³/mol. The minimum atomic E-state index is 0.296. The van der Waals surface area contributed by atoms with Crippen molar-refractivity contribution < 1.29 is 0 Å². The van der Waals surface area contributed by atoms with Gasteiger partial charge in [0.15, 0.2) is 0 Å². The van der Waals surface area contributed by atoms with Crippen LogP contribution in [0.4, 0.5) is 0 Å². The summed E-state index contributed by atoms with van der Waals surface area (Å²) in [6.07, 6.45) is 9.82. The number of hydrogen-bond acceptors (Lipinski definition) is 5. The highest BCUT2D eigenvalue weighted by Crippen LogP contribution is 2.18. The Morgan fingerprint density at radius 3 is 2.76 bits per heavy atom. The largest absolute Gasteiger partial charge is 0.313 e. The molecule has 0 radical (unpaired) electrons. The number of rotatable bonds is 6. The molecule has 1 atom stereocenters. The third-order valence-corrected chi connectivity index (χ3v) is 3.88. The van der Waals surface area contributed by atoms with E-state index in [1.54, 1.807) is 0 Å². The van der Waals surface area contributed by atoms with Crippen LogP contribution in [0.2, 0.25) is 0 Å². The van der Waals surface area contributed by atoms with Crippen molar-refractivity contribution in [2.75, 3.05) is 26.2 Å². The van der Waals surface area contributed by atoms with Crippen LogP contribution < -0.4 is 5.32 Å². The van der Waals surface area contributed by atoms with Crippen LogP contribution in [0.5, 0.6) is 0 Å². The van der Waals surface area contributed by atoms with Crippen molar-refractivity contribution in [3.63, 3.8) is 0 Å². The number of hydrogen-bond donors (Lipinski definition) is 1. The van der Waals surface area contributed by atoms with Gasteiger partial charge in [0.25, 0.3) is 0 Å². The van der Waals surface area contributed by atoms with Crippen molar-refractivity contribution in [2.24, 2.45) is 0 Å². The minimum Gasteiger partial charge on any atom is -0.313 e. The van der Waals surface area contributed by atoms with Crippen LogP contribution in [0.3, 0.4) is 0 Å². The molecule has 1 N–H and O–H groups in total. The van der Waals surface area contributed by atoms with E-state index in [1.807, 2.05) is 41.6 Å². The first kappa shape index (κ1) is 14.2. The molecular formula is C15H22N6. The maximum Gasteiger partial charge on any atom is 0.146 e. The number of unbranched alkanes of at least 4 members (excludes halogenated alkanes) is 1. The van der Waals surface area contributed by atoms with Gasteiger partial charge in [0.05, 0.1) is 6.04 Å². The molecule has 2 aromatic heterocycles. The summed E-state index contributed by atoms with van der Waals surface area (Å²) in [6, 6.07) is 4.14. The summed E-state index contributed by atoms with van der Waals surface area (Å²) in [5.41, 5.74) is 0. The second kappa shape index (κ2) is 7.28. The smallest absolute Gasteiger partial charge is 0.146 e. The van der Waals surface area contributed by atoms with Gasteiger partial charge in [-0.25, -0.2) is 9.97 Å². The lowest BCUT2D eigenvalue weighted by Crippen LogP contribution is -2.46. The van der Waals surface area contributed by atoms with E-state index in [4.69, 9.17) is 0 Å². The average Bonchev–Trinajstić information content (AvgIpc) is 3.06. The van der Waals surface area contributed by atoms with Crippen LogP contribution in [-0.4, -0.2) is 50.8 Å². The Morgan fingerprint density at radius 2 is 1.95 bits per heavy atom. The number of nitrogens with zero attached hydrogens (tertiary/aromatic N) is 5. The second-order valence-electron chi connectivity index (χ2n) is 5.34. The quantitative estimate of drug-likeness (QED) is 0.806. The van der Waals surface area contributed by atoms with Gasteiger partial charge in [-0.15, -0.1) is 0 Å². The summed E-state index contributed by atoms with van der Waals surface area (Å²) in [4.78, 5) is 11.3. The first-order valence-electron chi connectivity index (χ1n) is 7.62. The molecular weight excluding hydrogens is 264 g/mol. The van der Waals surface area contributed by atoms with Crippen LogP contribution in [-0.2, 0) is 6.54 Å². The van der Waals surface area contributed by atoms with E-state index >= 15 is 0 Å². The summed E-state index contributed by atoms with van der Waals surface area (Å²) < 4.78 is 2.00. The van der Waals surface area contributed by atoms with Crippen molar-refractivity contribution >= 4 is 0 Å². The Balaban J connectivity index is 1.50. The highest BCUT2D eigenvalue weighted by molar-refractivity contribution is 4.99. The Morgan fingerprint density at radius 1 is 1.10 bits per heavy atom. The average molecular weight is 286 g/mol. The Labute approximate surface area is 125 Å². The molecule has 0 spiro atoms. The molecule has 2 aromatic rings. The molecule has 1 saturated heterocycles. The molecule has 1 fully saturated rings. The van der Waals surface area contributed by atoms with E-state index in [0.717, 1.165) is 45.0 Å². The lowest BCUT2D eigenvalue weighted by molar-refractivity contribution is 0.151. The first-order valence-corrected chi connectivity index (χ1v) is 7.62. The number of piperazine rings is 1. The summed E-state index contributed by atoms with van der Waals surface area (Å²) in [7, 11) is 0.